The van der Waals surface area contributed by atoms with E-state index in [9.17, 15) is 14.4 Å². The number of nitrogens with one attached hydrogen (secondary N) is 1. The van der Waals surface area contributed by atoms with Crippen molar-refractivity contribution in [1.82, 2.24) is 4.90 Å². The first kappa shape index (κ1) is 23.0. The monoisotopic (exact) mass is 436 g/mol. The molecular weight excluding hydrogens is 408 g/mol. The summed E-state index contributed by atoms with van der Waals surface area (Å²) in [5, 5.41) is 8.38. The Bertz CT molecular complexity index is 1080. The molecule has 8 heteroatoms. The maximum absolute atomic E-state index is 12.9. The number of aryl methyl sites for hydroxylation is 2. The van der Waals surface area contributed by atoms with Gasteiger partial charge in [0.15, 0.2) is 6.10 Å². The summed E-state index contributed by atoms with van der Waals surface area (Å²) in [5.74, 6) is 0.322. The lowest BCUT2D eigenvalue weighted by atomic mass is 10.1. The molecular formula is C24H28N4O4. The van der Waals surface area contributed by atoms with E-state index in [4.69, 9.17) is 4.74 Å². The van der Waals surface area contributed by atoms with Crippen molar-refractivity contribution < 1.29 is 19.1 Å². The summed E-state index contributed by atoms with van der Waals surface area (Å²) in [6, 6.07) is 12.7. The molecule has 0 aliphatic carbocycles. The summed E-state index contributed by atoms with van der Waals surface area (Å²) in [6.07, 6.45) is -0.134. The third kappa shape index (κ3) is 5.14. The number of amidine groups is 1. The van der Waals surface area contributed by atoms with E-state index in [1.165, 1.54) is 16.8 Å². The van der Waals surface area contributed by atoms with Gasteiger partial charge in [-0.15, -0.1) is 0 Å². The molecule has 8 nitrogen and oxygen atoms in total. The molecule has 2 aromatic carbocycles. The van der Waals surface area contributed by atoms with Crippen LogP contribution in [0.1, 0.15) is 37.8 Å². The zero-order valence-electron chi connectivity index (χ0n) is 19.0. The molecule has 0 radical (unpaired) electrons. The molecule has 168 valence electrons. The molecule has 0 spiro atoms. The van der Waals surface area contributed by atoms with Crippen LogP contribution < -0.4 is 15.1 Å². The number of carbonyl (C=O) groups excluding carboxylic acids is 3. The third-order valence-corrected chi connectivity index (χ3v) is 5.24. The Balaban J connectivity index is 1.74. The number of hydrogen-bond acceptors (Lipinski definition) is 5. The minimum absolute atomic E-state index is 0.0360. The van der Waals surface area contributed by atoms with Crippen molar-refractivity contribution in [1.29, 1.82) is 0 Å². The Morgan fingerprint density at radius 2 is 1.97 bits per heavy atom. The first-order chi connectivity index (χ1) is 15.2. The van der Waals surface area contributed by atoms with E-state index in [1.54, 1.807) is 31.3 Å². The van der Waals surface area contributed by atoms with Gasteiger partial charge in [-0.25, -0.2) is 0 Å². The number of ether oxygens (including phenoxy) is 1. The van der Waals surface area contributed by atoms with E-state index < -0.39 is 6.10 Å². The number of hydrazone groups is 1. The van der Waals surface area contributed by atoms with Crippen molar-refractivity contribution in [3.05, 3.63) is 53.6 Å². The highest BCUT2D eigenvalue weighted by molar-refractivity contribution is 6.15. The van der Waals surface area contributed by atoms with Crippen LogP contribution in [0.15, 0.2) is 47.6 Å². The summed E-state index contributed by atoms with van der Waals surface area (Å²) in [6.45, 7) is 7.25. The van der Waals surface area contributed by atoms with Crippen molar-refractivity contribution in [2.45, 2.75) is 46.6 Å². The summed E-state index contributed by atoms with van der Waals surface area (Å²) in [7, 11) is 1.58. The quantitative estimate of drug-likeness (QED) is 0.749. The number of nitrogens with zero attached hydrogens (tertiary/aromatic N) is 3. The second kappa shape index (κ2) is 9.64. The van der Waals surface area contributed by atoms with Crippen molar-refractivity contribution in [2.24, 2.45) is 5.10 Å². The lowest BCUT2D eigenvalue weighted by Gasteiger charge is -2.19. The van der Waals surface area contributed by atoms with Gasteiger partial charge >= 0.3 is 0 Å². The molecule has 1 aliphatic rings. The van der Waals surface area contributed by atoms with Gasteiger partial charge in [-0.05, 0) is 50.1 Å². The van der Waals surface area contributed by atoms with Gasteiger partial charge in [0.1, 0.15) is 11.6 Å². The molecule has 1 unspecified atom stereocenters. The maximum Gasteiger partial charge on any atom is 0.265 e. The molecule has 3 amide bonds. The maximum atomic E-state index is 12.9. The van der Waals surface area contributed by atoms with Crippen LogP contribution in [0.25, 0.3) is 0 Å². The summed E-state index contributed by atoms with van der Waals surface area (Å²) in [5.41, 5.74) is 3.12. The second-order valence-electron chi connectivity index (χ2n) is 7.80. The largest absolute Gasteiger partial charge is 0.480 e. The average Bonchev–Trinajstić information content (AvgIpc) is 3.14. The fourth-order valence-electron chi connectivity index (χ4n) is 3.33. The van der Waals surface area contributed by atoms with Gasteiger partial charge in [-0.2, -0.15) is 10.1 Å². The third-order valence-electron chi connectivity index (χ3n) is 5.24. The Labute approximate surface area is 187 Å². The minimum atomic E-state index is -0.665. The van der Waals surface area contributed by atoms with Crippen LogP contribution in [0.3, 0.4) is 0 Å². The number of anilines is 2. The molecule has 1 aliphatic heterocycles. The first-order valence-electron chi connectivity index (χ1n) is 10.5. The lowest BCUT2D eigenvalue weighted by molar-refractivity contribution is -0.124. The fourth-order valence-corrected chi connectivity index (χ4v) is 3.33. The molecule has 0 fully saturated rings. The van der Waals surface area contributed by atoms with Crippen LogP contribution in [-0.2, 0) is 14.4 Å². The highest BCUT2D eigenvalue weighted by atomic mass is 16.5. The van der Waals surface area contributed by atoms with Crippen molar-refractivity contribution in [2.75, 3.05) is 17.4 Å². The number of rotatable bonds is 6. The molecule has 0 aromatic heterocycles. The van der Waals surface area contributed by atoms with Gasteiger partial charge in [0, 0.05) is 19.7 Å². The topological polar surface area (TPSA) is 91.3 Å². The molecule has 1 atom stereocenters. The zero-order chi connectivity index (χ0) is 23.4. The second-order valence-corrected chi connectivity index (χ2v) is 7.80. The number of hydrogen-bond donors (Lipinski definition) is 1. The van der Waals surface area contributed by atoms with Crippen molar-refractivity contribution in [3.63, 3.8) is 0 Å². The number of carbonyl (C=O) groups is 3. The van der Waals surface area contributed by atoms with Crippen LogP contribution in [0.4, 0.5) is 11.4 Å². The molecule has 0 saturated carbocycles. The van der Waals surface area contributed by atoms with Crippen molar-refractivity contribution >= 4 is 34.9 Å². The molecule has 1 N–H and O–H groups in total. The van der Waals surface area contributed by atoms with Crippen LogP contribution >= 0.6 is 0 Å². The normalized spacial score (nSPS) is 14.1. The highest BCUT2D eigenvalue weighted by Gasteiger charge is 2.29. The molecule has 3 rings (SSSR count). The smallest absolute Gasteiger partial charge is 0.265 e. The number of amides is 3. The lowest BCUT2D eigenvalue weighted by Crippen LogP contribution is -2.32. The van der Waals surface area contributed by atoms with Crippen LogP contribution in [0, 0.1) is 13.8 Å². The Morgan fingerprint density at radius 3 is 2.62 bits per heavy atom. The van der Waals surface area contributed by atoms with Gasteiger partial charge < -0.3 is 15.0 Å². The molecule has 2 aromatic rings. The van der Waals surface area contributed by atoms with Gasteiger partial charge in [0.2, 0.25) is 5.91 Å². The number of benzene rings is 2. The van der Waals surface area contributed by atoms with Gasteiger partial charge in [-0.3, -0.25) is 14.4 Å². The average molecular weight is 437 g/mol. The Kier molecular flexibility index (Phi) is 6.92. The van der Waals surface area contributed by atoms with Gasteiger partial charge in [0.05, 0.1) is 12.1 Å². The molecule has 1 heterocycles. The Morgan fingerprint density at radius 1 is 1.22 bits per heavy atom. The molecule has 32 heavy (non-hydrogen) atoms. The van der Waals surface area contributed by atoms with Gasteiger partial charge in [-0.1, -0.05) is 30.7 Å². The van der Waals surface area contributed by atoms with E-state index in [0.717, 1.165) is 11.1 Å². The SMILES string of the molecule is CCC(Oc1ccc(C)cc1C)C(=O)Nc1cccc(N2N=C(N(C)C(C)=O)CC2=O)c1. The Hall–Kier alpha value is -3.68. The highest BCUT2D eigenvalue weighted by Crippen LogP contribution is 2.25. The van der Waals surface area contributed by atoms with Crippen LogP contribution in [0.5, 0.6) is 5.75 Å². The predicted octanol–water partition coefficient (Wildman–Crippen LogP) is 3.63. The van der Waals surface area contributed by atoms with Crippen LogP contribution in [-0.4, -0.2) is 41.6 Å². The molecule has 0 bridgehead atoms. The molecule has 0 saturated heterocycles. The van der Waals surface area contributed by atoms with Crippen LogP contribution in [0.2, 0.25) is 0 Å². The summed E-state index contributed by atoms with van der Waals surface area (Å²) < 4.78 is 5.96. The van der Waals surface area contributed by atoms with E-state index in [1.807, 2.05) is 39.0 Å². The predicted molar refractivity (Wildman–Crippen MR) is 124 cm³/mol. The summed E-state index contributed by atoms with van der Waals surface area (Å²) >= 11 is 0. The zero-order valence-corrected chi connectivity index (χ0v) is 19.0. The van der Waals surface area contributed by atoms with E-state index in [2.05, 4.69) is 10.4 Å². The van der Waals surface area contributed by atoms with E-state index in [-0.39, 0.29) is 24.1 Å². The van der Waals surface area contributed by atoms with E-state index in [0.29, 0.717) is 29.4 Å². The first-order valence-corrected chi connectivity index (χ1v) is 10.5. The van der Waals surface area contributed by atoms with Gasteiger partial charge in [0.25, 0.3) is 11.8 Å². The standard InChI is InChI=1S/C24H28N4O4/c1-6-20(32-21-11-10-15(2)12-16(21)3)24(31)25-18-8-7-9-19(13-18)28-23(30)14-22(26-28)27(5)17(4)29/h7-13,20H,6,14H2,1-5H3,(H,25,31). The van der Waals surface area contributed by atoms with E-state index >= 15 is 0 Å². The van der Waals surface area contributed by atoms with Crippen molar-refractivity contribution in [3.8, 4) is 5.75 Å². The fraction of sp³-hybridized carbons (Fsp3) is 0.333. The summed E-state index contributed by atoms with van der Waals surface area (Å²) in [4.78, 5) is 38.2. The minimum Gasteiger partial charge on any atom is -0.480 e.